The topological polar surface area (TPSA) is 25.8 Å². The van der Waals surface area contributed by atoms with Gasteiger partial charge in [0.1, 0.15) is 5.82 Å². The molecule has 0 saturated heterocycles. The first-order valence-electron chi connectivity index (χ1n) is 5.77. The van der Waals surface area contributed by atoms with Gasteiger partial charge in [0.15, 0.2) is 0 Å². The van der Waals surface area contributed by atoms with Crippen molar-refractivity contribution in [3.8, 4) is 0 Å². The fourth-order valence-electron chi connectivity index (χ4n) is 1.83. The van der Waals surface area contributed by atoms with Gasteiger partial charge < -0.3 is 0 Å². The maximum atomic E-state index is 6.04. The van der Waals surface area contributed by atoms with Crippen LogP contribution in [0.5, 0.6) is 0 Å². The first-order chi connectivity index (χ1) is 8.56. The number of halogens is 2. The van der Waals surface area contributed by atoms with Crippen LogP contribution in [0.2, 0.25) is 5.02 Å². The predicted octanol–water partition coefficient (Wildman–Crippen LogP) is 4.33. The van der Waals surface area contributed by atoms with Crippen LogP contribution in [0.15, 0.2) is 30.5 Å². The van der Waals surface area contributed by atoms with E-state index in [1.807, 2.05) is 38.1 Å². The van der Waals surface area contributed by atoms with Gasteiger partial charge in [-0.1, -0.05) is 23.7 Å². The van der Waals surface area contributed by atoms with Crippen LogP contribution in [-0.4, -0.2) is 9.97 Å². The smallest absolute Gasteiger partial charge is 0.132 e. The van der Waals surface area contributed by atoms with Crippen molar-refractivity contribution in [1.82, 2.24) is 9.97 Å². The normalized spacial score (nSPS) is 12.4. The molecule has 0 N–H and O–H groups in total. The summed E-state index contributed by atoms with van der Waals surface area (Å²) in [6.45, 7) is 3.88. The number of nitrogens with zero attached hydrogens (tertiary/aromatic N) is 2. The molecule has 1 aromatic carbocycles. The van der Waals surface area contributed by atoms with Crippen molar-refractivity contribution in [2.45, 2.75) is 25.6 Å². The third-order valence-corrected chi connectivity index (χ3v) is 3.22. The molecule has 94 valence electrons. The summed E-state index contributed by atoms with van der Waals surface area (Å²) in [7, 11) is 0. The summed E-state index contributed by atoms with van der Waals surface area (Å²) in [5.41, 5.74) is 3.02. The summed E-state index contributed by atoms with van der Waals surface area (Å²) >= 11 is 12.0. The molecule has 0 saturated carbocycles. The molecule has 2 aromatic rings. The van der Waals surface area contributed by atoms with E-state index in [9.17, 15) is 0 Å². The van der Waals surface area contributed by atoms with Crippen LogP contribution in [0.4, 0.5) is 0 Å². The molecule has 18 heavy (non-hydrogen) atoms. The van der Waals surface area contributed by atoms with Gasteiger partial charge >= 0.3 is 0 Å². The lowest BCUT2D eigenvalue weighted by Gasteiger charge is -2.08. The molecular weight excluding hydrogens is 267 g/mol. The third kappa shape index (κ3) is 3.21. The molecule has 0 aliphatic heterocycles. The van der Waals surface area contributed by atoms with Crippen LogP contribution in [0.1, 0.15) is 34.9 Å². The van der Waals surface area contributed by atoms with E-state index in [1.54, 1.807) is 6.20 Å². The minimum Gasteiger partial charge on any atom is -0.241 e. The number of rotatable bonds is 3. The number of aryl methyl sites for hydroxylation is 1. The molecule has 1 atom stereocenters. The lowest BCUT2D eigenvalue weighted by Crippen LogP contribution is -2.02. The van der Waals surface area contributed by atoms with Crippen LogP contribution in [0, 0.1) is 6.92 Å². The van der Waals surface area contributed by atoms with Crippen LogP contribution < -0.4 is 0 Å². The van der Waals surface area contributed by atoms with E-state index in [4.69, 9.17) is 23.2 Å². The Balaban J connectivity index is 2.23. The highest BCUT2D eigenvalue weighted by Gasteiger charge is 2.08. The molecule has 2 nitrogen and oxygen atoms in total. The Morgan fingerprint density at radius 2 is 2.11 bits per heavy atom. The first-order valence-corrected chi connectivity index (χ1v) is 6.58. The molecule has 0 radical (unpaired) electrons. The Kier molecular flexibility index (Phi) is 4.20. The van der Waals surface area contributed by atoms with Gasteiger partial charge in [-0.25, -0.2) is 9.97 Å². The van der Waals surface area contributed by atoms with E-state index in [1.165, 1.54) is 0 Å². The molecule has 4 heteroatoms. The summed E-state index contributed by atoms with van der Waals surface area (Å²) in [6, 6.07) is 7.73. The number of alkyl halides is 1. The van der Waals surface area contributed by atoms with Crippen LogP contribution in [0.25, 0.3) is 0 Å². The van der Waals surface area contributed by atoms with Gasteiger partial charge in [0, 0.05) is 28.9 Å². The Labute approximate surface area is 117 Å². The van der Waals surface area contributed by atoms with Gasteiger partial charge in [-0.2, -0.15) is 0 Å². The highest BCUT2D eigenvalue weighted by atomic mass is 35.5. The summed E-state index contributed by atoms with van der Waals surface area (Å²) in [4.78, 5) is 8.83. The number of benzene rings is 1. The second-order valence-corrected chi connectivity index (χ2v) is 5.34. The largest absolute Gasteiger partial charge is 0.241 e. The van der Waals surface area contributed by atoms with Crippen molar-refractivity contribution in [3.05, 3.63) is 58.1 Å². The van der Waals surface area contributed by atoms with Gasteiger partial charge in [-0.05, 0) is 31.5 Å². The van der Waals surface area contributed by atoms with Gasteiger partial charge in [0.25, 0.3) is 0 Å². The van der Waals surface area contributed by atoms with Crippen LogP contribution in [-0.2, 0) is 6.42 Å². The van der Waals surface area contributed by atoms with Gasteiger partial charge in [-0.15, -0.1) is 11.6 Å². The van der Waals surface area contributed by atoms with E-state index >= 15 is 0 Å². The summed E-state index contributed by atoms with van der Waals surface area (Å²) in [6.07, 6.45) is 2.48. The fraction of sp³-hybridized carbons (Fsp3) is 0.286. The minimum absolute atomic E-state index is 0.0646. The average molecular weight is 281 g/mol. The molecule has 1 unspecified atom stereocenters. The van der Waals surface area contributed by atoms with Crippen LogP contribution >= 0.6 is 23.2 Å². The van der Waals surface area contributed by atoms with E-state index in [-0.39, 0.29) is 5.38 Å². The monoisotopic (exact) mass is 280 g/mol. The van der Waals surface area contributed by atoms with E-state index in [2.05, 4.69) is 9.97 Å². The number of hydrogen-bond acceptors (Lipinski definition) is 2. The quantitative estimate of drug-likeness (QED) is 0.782. The van der Waals surface area contributed by atoms with Crippen molar-refractivity contribution in [2.75, 3.05) is 0 Å². The highest BCUT2D eigenvalue weighted by molar-refractivity contribution is 6.30. The molecule has 2 rings (SSSR count). The zero-order valence-electron chi connectivity index (χ0n) is 10.3. The molecule has 1 aromatic heterocycles. The molecule has 0 amide bonds. The molecule has 0 aliphatic carbocycles. The molecule has 0 bridgehead atoms. The summed E-state index contributed by atoms with van der Waals surface area (Å²) in [5.74, 6) is 0.788. The molecule has 1 heterocycles. The van der Waals surface area contributed by atoms with Crippen molar-refractivity contribution in [2.24, 2.45) is 0 Å². The molecular formula is C14H14Cl2N2. The third-order valence-electron chi connectivity index (χ3n) is 2.75. The maximum Gasteiger partial charge on any atom is 0.132 e. The van der Waals surface area contributed by atoms with Crippen molar-refractivity contribution in [1.29, 1.82) is 0 Å². The second kappa shape index (κ2) is 5.68. The van der Waals surface area contributed by atoms with E-state index in [0.717, 1.165) is 27.7 Å². The first kappa shape index (κ1) is 13.3. The van der Waals surface area contributed by atoms with E-state index < -0.39 is 0 Å². The van der Waals surface area contributed by atoms with Crippen molar-refractivity contribution in [3.63, 3.8) is 0 Å². The Bertz CT molecular complexity index is 553. The van der Waals surface area contributed by atoms with Gasteiger partial charge in [0.05, 0.1) is 5.38 Å². The van der Waals surface area contributed by atoms with Crippen molar-refractivity contribution < 1.29 is 0 Å². The Hall–Kier alpha value is -1.12. The zero-order valence-corrected chi connectivity index (χ0v) is 11.8. The van der Waals surface area contributed by atoms with Gasteiger partial charge in [-0.3, -0.25) is 0 Å². The lowest BCUT2D eigenvalue weighted by atomic mass is 10.1. The van der Waals surface area contributed by atoms with Crippen LogP contribution in [0.3, 0.4) is 0 Å². The Morgan fingerprint density at radius 3 is 2.72 bits per heavy atom. The molecule has 0 aliphatic rings. The molecule has 0 fully saturated rings. The minimum atomic E-state index is -0.0646. The summed E-state index contributed by atoms with van der Waals surface area (Å²) in [5, 5.41) is 0.667. The van der Waals surface area contributed by atoms with Crippen molar-refractivity contribution >= 4 is 23.2 Å². The molecule has 0 spiro atoms. The standard InChI is InChI=1S/C14H14Cl2N2/c1-9(15)13-8-17-14(18-10(13)2)7-11-4-3-5-12(16)6-11/h3-6,8-9H,7H2,1-2H3. The van der Waals surface area contributed by atoms with Gasteiger partial charge in [0.2, 0.25) is 0 Å². The number of aromatic nitrogens is 2. The number of hydrogen-bond donors (Lipinski definition) is 0. The SMILES string of the molecule is Cc1nc(Cc2cccc(Cl)c2)ncc1C(C)Cl. The van der Waals surface area contributed by atoms with E-state index in [0.29, 0.717) is 6.42 Å². The predicted molar refractivity (Wildman–Crippen MR) is 75.3 cm³/mol. The lowest BCUT2D eigenvalue weighted by molar-refractivity contribution is 0.895. The second-order valence-electron chi connectivity index (χ2n) is 4.25. The highest BCUT2D eigenvalue weighted by Crippen LogP contribution is 2.21. The summed E-state index contributed by atoms with van der Waals surface area (Å²) < 4.78 is 0. The fourth-order valence-corrected chi connectivity index (χ4v) is 2.26. The average Bonchev–Trinajstić information content (AvgIpc) is 2.28. The zero-order chi connectivity index (χ0) is 13.1. The maximum absolute atomic E-state index is 6.04. The Morgan fingerprint density at radius 1 is 1.33 bits per heavy atom.